The van der Waals surface area contributed by atoms with E-state index in [1.807, 2.05) is 24.3 Å². The van der Waals surface area contributed by atoms with Crippen molar-refractivity contribution < 1.29 is 9.53 Å². The predicted molar refractivity (Wildman–Crippen MR) is 86.2 cm³/mol. The number of ether oxygens (including phenoxy) is 1. The summed E-state index contributed by atoms with van der Waals surface area (Å²) >= 11 is 6.03. The largest absolute Gasteiger partial charge is 0.495 e. The lowest BCUT2D eigenvalue weighted by Crippen LogP contribution is -2.14. The summed E-state index contributed by atoms with van der Waals surface area (Å²) < 4.78 is 5.08. The third-order valence-corrected chi connectivity index (χ3v) is 3.53. The average Bonchev–Trinajstić information content (AvgIpc) is 2.48. The van der Waals surface area contributed by atoms with E-state index in [2.05, 4.69) is 12.2 Å². The Hall–Kier alpha value is -2.00. The van der Waals surface area contributed by atoms with Crippen LogP contribution in [0.4, 0.5) is 5.69 Å². The molecule has 1 amide bonds. The van der Waals surface area contributed by atoms with Crippen molar-refractivity contribution in [3.8, 4) is 5.75 Å². The second-order valence-corrected chi connectivity index (χ2v) is 5.15. The van der Waals surface area contributed by atoms with E-state index >= 15 is 0 Å². The van der Waals surface area contributed by atoms with Crippen molar-refractivity contribution in [1.29, 1.82) is 0 Å². The molecule has 1 N–H and O–H groups in total. The summed E-state index contributed by atoms with van der Waals surface area (Å²) in [6.45, 7) is 2.11. The summed E-state index contributed by atoms with van der Waals surface area (Å²) in [6, 6.07) is 13.2. The standard InChI is InChI=1S/C17H18ClNO2/c1-3-12-4-6-13(7-5-12)10-17(20)19-14-8-9-16(21-2)15(18)11-14/h4-9,11H,3,10H2,1-2H3,(H,19,20). The monoisotopic (exact) mass is 303 g/mol. The van der Waals surface area contributed by atoms with E-state index in [9.17, 15) is 4.79 Å². The molecule has 2 aromatic rings. The second kappa shape index (κ2) is 7.14. The first-order valence-electron chi connectivity index (χ1n) is 6.83. The molecule has 0 aliphatic heterocycles. The van der Waals surface area contributed by atoms with Gasteiger partial charge in [0.15, 0.2) is 0 Å². The molecule has 4 heteroatoms. The number of benzene rings is 2. The Bertz CT molecular complexity index is 623. The van der Waals surface area contributed by atoms with Crippen LogP contribution in [0.15, 0.2) is 42.5 Å². The highest BCUT2D eigenvalue weighted by molar-refractivity contribution is 6.32. The number of nitrogens with one attached hydrogen (secondary N) is 1. The van der Waals surface area contributed by atoms with Gasteiger partial charge < -0.3 is 10.1 Å². The molecular formula is C17H18ClNO2. The number of carbonyl (C=O) groups is 1. The Balaban J connectivity index is 1.99. The minimum absolute atomic E-state index is 0.0690. The Morgan fingerprint density at radius 3 is 2.38 bits per heavy atom. The molecule has 0 atom stereocenters. The zero-order chi connectivity index (χ0) is 15.2. The van der Waals surface area contributed by atoms with Gasteiger partial charge in [0.25, 0.3) is 0 Å². The Morgan fingerprint density at radius 1 is 1.14 bits per heavy atom. The van der Waals surface area contributed by atoms with Gasteiger partial charge in [-0.05, 0) is 35.7 Å². The van der Waals surface area contributed by atoms with Gasteiger partial charge in [0.2, 0.25) is 5.91 Å². The second-order valence-electron chi connectivity index (χ2n) is 4.74. The SMILES string of the molecule is CCc1ccc(CC(=O)Nc2ccc(OC)c(Cl)c2)cc1. The fraction of sp³-hybridized carbons (Fsp3) is 0.235. The van der Waals surface area contributed by atoms with Crippen LogP contribution >= 0.6 is 11.6 Å². The molecule has 0 saturated carbocycles. The van der Waals surface area contributed by atoms with E-state index in [-0.39, 0.29) is 5.91 Å². The highest BCUT2D eigenvalue weighted by atomic mass is 35.5. The topological polar surface area (TPSA) is 38.3 Å². The molecule has 3 nitrogen and oxygen atoms in total. The third-order valence-electron chi connectivity index (χ3n) is 3.23. The molecule has 0 aliphatic rings. The molecule has 21 heavy (non-hydrogen) atoms. The van der Waals surface area contributed by atoms with E-state index in [1.54, 1.807) is 25.3 Å². The highest BCUT2D eigenvalue weighted by Gasteiger charge is 2.06. The van der Waals surface area contributed by atoms with Gasteiger partial charge in [-0.1, -0.05) is 42.8 Å². The summed E-state index contributed by atoms with van der Waals surface area (Å²) in [5, 5.41) is 3.31. The lowest BCUT2D eigenvalue weighted by Gasteiger charge is -2.08. The van der Waals surface area contributed by atoms with Crippen molar-refractivity contribution >= 4 is 23.2 Å². The molecule has 0 aromatic heterocycles. The molecule has 0 bridgehead atoms. The molecular weight excluding hydrogens is 286 g/mol. The molecule has 110 valence electrons. The van der Waals surface area contributed by atoms with E-state index < -0.39 is 0 Å². The number of anilines is 1. The smallest absolute Gasteiger partial charge is 0.228 e. The first-order chi connectivity index (χ1) is 10.1. The Labute approximate surface area is 129 Å². The van der Waals surface area contributed by atoms with Crippen molar-refractivity contribution in [2.24, 2.45) is 0 Å². The number of methoxy groups -OCH3 is 1. The fourth-order valence-corrected chi connectivity index (χ4v) is 2.29. The summed E-state index contributed by atoms with van der Waals surface area (Å²) in [5.74, 6) is 0.519. The number of halogens is 1. The van der Waals surface area contributed by atoms with Crippen LogP contribution in [0.2, 0.25) is 5.02 Å². The van der Waals surface area contributed by atoms with Gasteiger partial charge in [-0.2, -0.15) is 0 Å². The zero-order valence-electron chi connectivity index (χ0n) is 12.2. The lowest BCUT2D eigenvalue weighted by molar-refractivity contribution is -0.115. The molecule has 0 aliphatic carbocycles. The van der Waals surface area contributed by atoms with Crippen LogP contribution in [0.25, 0.3) is 0 Å². The van der Waals surface area contributed by atoms with E-state index in [0.29, 0.717) is 22.9 Å². The summed E-state index contributed by atoms with van der Waals surface area (Å²) in [5.41, 5.74) is 2.92. The summed E-state index contributed by atoms with van der Waals surface area (Å²) in [4.78, 5) is 12.0. The van der Waals surface area contributed by atoms with Crippen LogP contribution in [0.1, 0.15) is 18.1 Å². The molecule has 0 radical (unpaired) electrons. The first-order valence-corrected chi connectivity index (χ1v) is 7.21. The van der Waals surface area contributed by atoms with Gasteiger partial charge in [-0.25, -0.2) is 0 Å². The van der Waals surface area contributed by atoms with Gasteiger partial charge in [0.05, 0.1) is 18.6 Å². The molecule has 2 aromatic carbocycles. The Morgan fingerprint density at radius 2 is 1.81 bits per heavy atom. The van der Waals surface area contributed by atoms with Gasteiger partial charge in [-0.15, -0.1) is 0 Å². The summed E-state index contributed by atoms with van der Waals surface area (Å²) in [6.07, 6.45) is 1.34. The number of aryl methyl sites for hydroxylation is 1. The normalized spacial score (nSPS) is 10.2. The van der Waals surface area contributed by atoms with E-state index in [1.165, 1.54) is 5.56 Å². The van der Waals surface area contributed by atoms with Gasteiger partial charge >= 0.3 is 0 Å². The van der Waals surface area contributed by atoms with Crippen molar-refractivity contribution in [1.82, 2.24) is 0 Å². The first kappa shape index (κ1) is 15.4. The maximum Gasteiger partial charge on any atom is 0.228 e. The number of carbonyl (C=O) groups excluding carboxylic acids is 1. The van der Waals surface area contributed by atoms with Crippen LogP contribution in [0.3, 0.4) is 0 Å². The molecule has 0 unspecified atom stereocenters. The number of hydrogen-bond donors (Lipinski definition) is 1. The molecule has 2 rings (SSSR count). The number of amides is 1. The van der Waals surface area contributed by atoms with Crippen molar-refractivity contribution in [3.63, 3.8) is 0 Å². The lowest BCUT2D eigenvalue weighted by atomic mass is 10.1. The maximum absolute atomic E-state index is 12.0. The van der Waals surface area contributed by atoms with Gasteiger partial charge in [0.1, 0.15) is 5.75 Å². The highest BCUT2D eigenvalue weighted by Crippen LogP contribution is 2.27. The molecule has 0 saturated heterocycles. The molecule has 0 fully saturated rings. The number of hydrogen-bond acceptors (Lipinski definition) is 2. The van der Waals surface area contributed by atoms with Crippen LogP contribution in [0, 0.1) is 0 Å². The van der Waals surface area contributed by atoms with E-state index in [0.717, 1.165) is 12.0 Å². The number of rotatable bonds is 5. The zero-order valence-corrected chi connectivity index (χ0v) is 12.9. The van der Waals surface area contributed by atoms with Crippen molar-refractivity contribution in [3.05, 3.63) is 58.6 Å². The molecule has 0 heterocycles. The Kier molecular flexibility index (Phi) is 5.23. The average molecular weight is 304 g/mol. The van der Waals surface area contributed by atoms with Crippen molar-refractivity contribution in [2.75, 3.05) is 12.4 Å². The third kappa shape index (κ3) is 4.23. The quantitative estimate of drug-likeness (QED) is 0.903. The minimum atomic E-state index is -0.0690. The van der Waals surface area contributed by atoms with Crippen LogP contribution in [-0.4, -0.2) is 13.0 Å². The predicted octanol–water partition coefficient (Wildman–Crippen LogP) is 4.09. The maximum atomic E-state index is 12.0. The van der Waals surface area contributed by atoms with E-state index in [4.69, 9.17) is 16.3 Å². The van der Waals surface area contributed by atoms with Crippen LogP contribution in [-0.2, 0) is 17.6 Å². The van der Waals surface area contributed by atoms with Gasteiger partial charge in [-0.3, -0.25) is 4.79 Å². The fourth-order valence-electron chi connectivity index (χ4n) is 2.03. The molecule has 0 spiro atoms. The summed E-state index contributed by atoms with van der Waals surface area (Å²) in [7, 11) is 1.55. The van der Waals surface area contributed by atoms with Crippen LogP contribution < -0.4 is 10.1 Å². The van der Waals surface area contributed by atoms with Crippen molar-refractivity contribution in [2.45, 2.75) is 19.8 Å². The minimum Gasteiger partial charge on any atom is -0.495 e. The van der Waals surface area contributed by atoms with Crippen LogP contribution in [0.5, 0.6) is 5.75 Å². The van der Waals surface area contributed by atoms with Gasteiger partial charge in [0, 0.05) is 5.69 Å².